The topological polar surface area (TPSA) is 32.8 Å². The van der Waals surface area contributed by atoms with E-state index in [1.807, 2.05) is 20.8 Å². The number of rotatable bonds is 5. The van der Waals surface area contributed by atoms with Gasteiger partial charge >= 0.3 is 6.09 Å². The smallest absolute Gasteiger partial charge is 0.410 e. The Kier molecular flexibility index (Phi) is 6.88. The molecule has 0 unspecified atom stereocenters. The van der Waals surface area contributed by atoms with E-state index in [2.05, 4.69) is 53.0 Å². The van der Waals surface area contributed by atoms with Gasteiger partial charge in [0.25, 0.3) is 0 Å². The quantitative estimate of drug-likeness (QED) is 0.783. The highest BCUT2D eigenvalue weighted by molar-refractivity contribution is 9.10. The number of hydrogen-bond acceptors (Lipinski definition) is 3. The normalized spacial score (nSPS) is 11.6. The molecule has 0 aliphatic rings. The molecule has 0 fully saturated rings. The summed E-state index contributed by atoms with van der Waals surface area (Å²) in [6, 6.07) is 6.34. The average molecular weight is 371 g/mol. The van der Waals surface area contributed by atoms with E-state index in [0.29, 0.717) is 6.54 Å². The van der Waals surface area contributed by atoms with Crippen molar-refractivity contribution < 1.29 is 9.53 Å². The fourth-order valence-electron chi connectivity index (χ4n) is 1.95. The fraction of sp³-hybridized carbons (Fsp3) is 0.588. The number of nitrogens with zero attached hydrogens (tertiary/aromatic N) is 2. The van der Waals surface area contributed by atoms with E-state index >= 15 is 0 Å². The summed E-state index contributed by atoms with van der Waals surface area (Å²) in [4.78, 5) is 15.7. The number of carbonyl (C=O) groups excluding carboxylic acids is 1. The number of carbonyl (C=O) groups is 1. The number of halogens is 1. The van der Waals surface area contributed by atoms with Crippen molar-refractivity contribution in [3.05, 3.63) is 33.8 Å². The number of hydrogen-bond donors (Lipinski definition) is 0. The number of amides is 1. The van der Waals surface area contributed by atoms with Gasteiger partial charge in [-0.25, -0.2) is 4.79 Å². The van der Waals surface area contributed by atoms with Crippen LogP contribution < -0.4 is 0 Å². The molecule has 0 saturated carbocycles. The maximum absolute atomic E-state index is 11.9. The highest BCUT2D eigenvalue weighted by atomic mass is 79.9. The zero-order valence-electron chi connectivity index (χ0n) is 14.4. The molecule has 22 heavy (non-hydrogen) atoms. The van der Waals surface area contributed by atoms with Crippen LogP contribution in [-0.2, 0) is 11.3 Å². The minimum Gasteiger partial charge on any atom is -0.444 e. The Hall–Kier alpha value is -1.07. The average Bonchev–Trinajstić information content (AvgIpc) is 2.38. The summed E-state index contributed by atoms with van der Waals surface area (Å²) in [5.74, 6) is 0. The van der Waals surface area contributed by atoms with Gasteiger partial charge in [-0.2, -0.15) is 0 Å². The Balaban J connectivity index is 2.47. The van der Waals surface area contributed by atoms with Gasteiger partial charge in [0.05, 0.1) is 0 Å². The largest absolute Gasteiger partial charge is 0.444 e. The van der Waals surface area contributed by atoms with Crippen molar-refractivity contribution in [2.45, 2.75) is 39.8 Å². The van der Waals surface area contributed by atoms with Crippen LogP contribution in [0.4, 0.5) is 4.79 Å². The Morgan fingerprint density at radius 2 is 1.86 bits per heavy atom. The zero-order valence-corrected chi connectivity index (χ0v) is 16.0. The van der Waals surface area contributed by atoms with E-state index < -0.39 is 5.60 Å². The molecule has 124 valence electrons. The lowest BCUT2D eigenvalue weighted by atomic mass is 10.1. The van der Waals surface area contributed by atoms with Crippen LogP contribution in [-0.4, -0.2) is 48.7 Å². The standard InChI is InChI=1S/C17H27BrN2O2/c1-13-7-8-15(18)14(11-13)12-19(5)9-10-20(6)16(21)22-17(2,3)4/h7-8,11H,9-10,12H2,1-6H3. The van der Waals surface area contributed by atoms with Crippen molar-refractivity contribution in [2.75, 3.05) is 27.2 Å². The van der Waals surface area contributed by atoms with Crippen LogP contribution in [0.3, 0.4) is 0 Å². The molecule has 1 rings (SSSR count). The highest BCUT2D eigenvalue weighted by Gasteiger charge is 2.19. The van der Waals surface area contributed by atoms with Crippen LogP contribution in [0.2, 0.25) is 0 Å². The molecule has 1 aromatic rings. The molecule has 5 heteroatoms. The van der Waals surface area contributed by atoms with Crippen molar-refractivity contribution in [3.8, 4) is 0 Å². The molecule has 0 aliphatic carbocycles. The molecule has 0 bridgehead atoms. The first-order valence-corrected chi connectivity index (χ1v) is 8.25. The van der Waals surface area contributed by atoms with Crippen molar-refractivity contribution >= 4 is 22.0 Å². The lowest BCUT2D eigenvalue weighted by Crippen LogP contribution is -2.38. The fourth-order valence-corrected chi connectivity index (χ4v) is 2.32. The molecular formula is C17H27BrN2O2. The van der Waals surface area contributed by atoms with Gasteiger partial charge in [-0.05, 0) is 46.4 Å². The summed E-state index contributed by atoms with van der Waals surface area (Å²) >= 11 is 3.58. The maximum Gasteiger partial charge on any atom is 0.410 e. The molecule has 1 aromatic carbocycles. The third-order valence-electron chi connectivity index (χ3n) is 3.16. The van der Waals surface area contributed by atoms with Crippen LogP contribution in [0.25, 0.3) is 0 Å². The monoisotopic (exact) mass is 370 g/mol. The molecule has 4 nitrogen and oxygen atoms in total. The van der Waals surface area contributed by atoms with Gasteiger partial charge in [-0.1, -0.05) is 33.6 Å². The van der Waals surface area contributed by atoms with E-state index in [0.717, 1.165) is 17.6 Å². The van der Waals surface area contributed by atoms with E-state index in [1.54, 1.807) is 11.9 Å². The number of ether oxygens (including phenoxy) is 1. The van der Waals surface area contributed by atoms with Gasteiger partial charge in [0.1, 0.15) is 5.60 Å². The molecule has 0 N–H and O–H groups in total. The Bertz CT molecular complexity index is 512. The second-order valence-electron chi connectivity index (χ2n) is 6.73. The number of likely N-dealkylation sites (N-methyl/N-ethyl adjacent to an activating group) is 2. The van der Waals surface area contributed by atoms with E-state index in [-0.39, 0.29) is 6.09 Å². The summed E-state index contributed by atoms with van der Waals surface area (Å²) in [5, 5.41) is 0. The molecule has 0 heterocycles. The molecule has 0 saturated heterocycles. The second-order valence-corrected chi connectivity index (χ2v) is 7.59. The summed E-state index contributed by atoms with van der Waals surface area (Å²) in [5.41, 5.74) is 2.05. The molecule has 0 aliphatic heterocycles. The van der Waals surface area contributed by atoms with Gasteiger partial charge in [-0.3, -0.25) is 0 Å². The second kappa shape index (κ2) is 7.97. The van der Waals surface area contributed by atoms with Gasteiger partial charge < -0.3 is 14.5 Å². The minimum absolute atomic E-state index is 0.280. The van der Waals surface area contributed by atoms with Crippen molar-refractivity contribution in [1.29, 1.82) is 0 Å². The number of benzene rings is 1. The van der Waals surface area contributed by atoms with Crippen molar-refractivity contribution in [2.24, 2.45) is 0 Å². The third-order valence-corrected chi connectivity index (χ3v) is 3.94. The Morgan fingerprint density at radius 1 is 1.23 bits per heavy atom. The predicted octanol–water partition coefficient (Wildman–Crippen LogP) is 4.06. The van der Waals surface area contributed by atoms with Crippen LogP contribution in [0.5, 0.6) is 0 Å². The molecular weight excluding hydrogens is 344 g/mol. The van der Waals surface area contributed by atoms with Crippen LogP contribution >= 0.6 is 15.9 Å². The van der Waals surface area contributed by atoms with Crippen LogP contribution in [0, 0.1) is 6.92 Å². The first-order valence-electron chi connectivity index (χ1n) is 7.46. The minimum atomic E-state index is -0.455. The van der Waals surface area contributed by atoms with E-state index in [9.17, 15) is 4.79 Å². The zero-order chi connectivity index (χ0) is 16.9. The Morgan fingerprint density at radius 3 is 2.45 bits per heavy atom. The summed E-state index contributed by atoms with van der Waals surface area (Å²) in [7, 11) is 3.82. The van der Waals surface area contributed by atoms with Crippen LogP contribution in [0.1, 0.15) is 31.9 Å². The molecule has 1 amide bonds. The molecule has 0 spiro atoms. The lowest BCUT2D eigenvalue weighted by Gasteiger charge is -2.26. The van der Waals surface area contributed by atoms with Crippen LogP contribution in [0.15, 0.2) is 22.7 Å². The first-order chi connectivity index (χ1) is 10.1. The lowest BCUT2D eigenvalue weighted by molar-refractivity contribution is 0.0286. The van der Waals surface area contributed by atoms with Crippen molar-refractivity contribution in [1.82, 2.24) is 9.80 Å². The van der Waals surface area contributed by atoms with Gasteiger partial charge in [0.15, 0.2) is 0 Å². The predicted molar refractivity (Wildman–Crippen MR) is 94.1 cm³/mol. The molecule has 0 atom stereocenters. The SMILES string of the molecule is Cc1ccc(Br)c(CN(C)CCN(C)C(=O)OC(C)(C)C)c1. The summed E-state index contributed by atoms with van der Waals surface area (Å²) in [6.45, 7) is 9.97. The maximum atomic E-state index is 11.9. The number of aryl methyl sites for hydroxylation is 1. The highest BCUT2D eigenvalue weighted by Crippen LogP contribution is 2.19. The third kappa shape index (κ3) is 6.79. The summed E-state index contributed by atoms with van der Waals surface area (Å²) in [6.07, 6.45) is -0.280. The van der Waals surface area contributed by atoms with Gasteiger partial charge in [0.2, 0.25) is 0 Å². The Labute approximate surface area is 142 Å². The van der Waals surface area contributed by atoms with E-state index in [1.165, 1.54) is 11.1 Å². The first kappa shape index (κ1) is 19.0. The van der Waals surface area contributed by atoms with E-state index in [4.69, 9.17) is 4.74 Å². The molecule has 0 aromatic heterocycles. The molecule has 0 radical (unpaired) electrons. The van der Waals surface area contributed by atoms with Gasteiger partial charge in [0, 0.05) is 31.2 Å². The van der Waals surface area contributed by atoms with Gasteiger partial charge in [-0.15, -0.1) is 0 Å². The van der Waals surface area contributed by atoms with Crippen molar-refractivity contribution in [3.63, 3.8) is 0 Å². The summed E-state index contributed by atoms with van der Waals surface area (Å²) < 4.78 is 6.46.